The number of amides is 2. The lowest BCUT2D eigenvalue weighted by Gasteiger charge is -2.13. The molecule has 0 spiro atoms. The van der Waals surface area contributed by atoms with Gasteiger partial charge in [-0.05, 0) is 24.3 Å². The van der Waals surface area contributed by atoms with Gasteiger partial charge in [0.15, 0.2) is 0 Å². The normalized spacial score (nSPS) is 10.0. The fraction of sp³-hybridized carbons (Fsp3) is 0.176. The van der Waals surface area contributed by atoms with Crippen molar-refractivity contribution in [2.75, 3.05) is 24.3 Å². The summed E-state index contributed by atoms with van der Waals surface area (Å²) in [5.41, 5.74) is 6.86. The second-order valence-electron chi connectivity index (χ2n) is 4.82. The molecule has 0 aliphatic carbocycles. The Hall–Kier alpha value is -2.86. The number of benzene rings is 2. The Morgan fingerprint density at radius 3 is 2.43 bits per heavy atom. The van der Waals surface area contributed by atoms with Crippen LogP contribution in [0.3, 0.4) is 0 Å². The Morgan fingerprint density at radius 1 is 1.04 bits per heavy atom. The minimum absolute atomic E-state index is 0.198. The Balaban J connectivity index is 2.23. The Labute approximate surface area is 134 Å². The quantitative estimate of drug-likeness (QED) is 0.762. The molecule has 0 aromatic heterocycles. The molecule has 2 aromatic rings. The van der Waals surface area contributed by atoms with Crippen molar-refractivity contribution in [3.8, 4) is 5.75 Å². The maximum atomic E-state index is 12.3. The van der Waals surface area contributed by atoms with Crippen LogP contribution >= 0.6 is 0 Å². The van der Waals surface area contributed by atoms with Gasteiger partial charge in [0.25, 0.3) is 5.91 Å². The van der Waals surface area contributed by atoms with E-state index >= 15 is 0 Å². The van der Waals surface area contributed by atoms with Gasteiger partial charge in [-0.25, -0.2) is 0 Å². The van der Waals surface area contributed by atoms with E-state index < -0.39 is 0 Å². The van der Waals surface area contributed by atoms with Crippen molar-refractivity contribution in [3.05, 3.63) is 54.1 Å². The zero-order valence-electron chi connectivity index (χ0n) is 12.8. The Kier molecular flexibility index (Phi) is 5.71. The van der Waals surface area contributed by atoms with Crippen molar-refractivity contribution in [2.24, 2.45) is 5.73 Å². The summed E-state index contributed by atoms with van der Waals surface area (Å²) in [6.07, 6.45) is 0.198. The molecule has 0 saturated heterocycles. The van der Waals surface area contributed by atoms with Crippen molar-refractivity contribution < 1.29 is 14.3 Å². The molecule has 2 rings (SSSR count). The first-order chi connectivity index (χ1) is 11.1. The van der Waals surface area contributed by atoms with Gasteiger partial charge >= 0.3 is 0 Å². The van der Waals surface area contributed by atoms with E-state index in [1.54, 1.807) is 42.5 Å². The first-order valence-corrected chi connectivity index (χ1v) is 7.18. The number of nitrogens with one attached hydrogen (secondary N) is 2. The van der Waals surface area contributed by atoms with E-state index in [2.05, 4.69) is 10.6 Å². The van der Waals surface area contributed by atoms with E-state index in [9.17, 15) is 9.59 Å². The van der Waals surface area contributed by atoms with Crippen LogP contribution in [0.15, 0.2) is 48.5 Å². The lowest BCUT2D eigenvalue weighted by atomic mass is 10.2. The van der Waals surface area contributed by atoms with Crippen LogP contribution in [0.1, 0.15) is 16.8 Å². The van der Waals surface area contributed by atoms with E-state index in [-0.39, 0.29) is 24.8 Å². The molecule has 0 saturated carbocycles. The highest BCUT2D eigenvalue weighted by Crippen LogP contribution is 2.27. The fourth-order valence-corrected chi connectivity index (χ4v) is 1.99. The maximum absolute atomic E-state index is 12.3. The third-order valence-electron chi connectivity index (χ3n) is 3.16. The van der Waals surface area contributed by atoms with Crippen LogP contribution in [0.2, 0.25) is 0 Å². The number of carbonyl (C=O) groups is 2. The zero-order valence-corrected chi connectivity index (χ0v) is 12.8. The van der Waals surface area contributed by atoms with Gasteiger partial charge in [0.2, 0.25) is 5.91 Å². The maximum Gasteiger partial charge on any atom is 0.255 e. The second kappa shape index (κ2) is 7.95. The number of methoxy groups -OCH3 is 1. The van der Waals surface area contributed by atoms with E-state index in [1.807, 2.05) is 6.07 Å². The van der Waals surface area contributed by atoms with Crippen LogP contribution in [0.5, 0.6) is 5.75 Å². The number of anilines is 2. The van der Waals surface area contributed by atoms with Gasteiger partial charge < -0.3 is 21.1 Å². The molecule has 0 radical (unpaired) electrons. The number of carbonyl (C=O) groups excluding carboxylic acids is 2. The van der Waals surface area contributed by atoms with Crippen LogP contribution in [-0.2, 0) is 4.79 Å². The van der Waals surface area contributed by atoms with Gasteiger partial charge in [0, 0.05) is 24.6 Å². The van der Waals surface area contributed by atoms with Crippen molar-refractivity contribution in [3.63, 3.8) is 0 Å². The summed E-state index contributed by atoms with van der Waals surface area (Å²) in [5, 5.41) is 5.51. The average Bonchev–Trinajstić information content (AvgIpc) is 2.57. The Morgan fingerprint density at radius 2 is 1.78 bits per heavy atom. The lowest BCUT2D eigenvalue weighted by molar-refractivity contribution is -0.116. The predicted octanol–water partition coefficient (Wildman–Crippen LogP) is 2.23. The average molecular weight is 313 g/mol. The van der Waals surface area contributed by atoms with Gasteiger partial charge in [0.1, 0.15) is 5.75 Å². The van der Waals surface area contributed by atoms with Crippen molar-refractivity contribution in [1.29, 1.82) is 0 Å². The molecule has 6 nitrogen and oxygen atoms in total. The standard InChI is InChI=1S/C17H19N3O3/c1-23-13-7-8-14(15(11-13)19-16(21)9-10-18)20-17(22)12-5-3-2-4-6-12/h2-8,11H,9-10,18H2,1H3,(H,19,21)(H,20,22). The number of nitrogens with two attached hydrogens (primary N) is 1. The minimum atomic E-state index is -0.259. The van der Waals surface area contributed by atoms with Gasteiger partial charge in [-0.3, -0.25) is 9.59 Å². The highest BCUT2D eigenvalue weighted by molar-refractivity contribution is 6.07. The molecular weight excluding hydrogens is 294 g/mol. The lowest BCUT2D eigenvalue weighted by Crippen LogP contribution is -2.19. The summed E-state index contributed by atoms with van der Waals surface area (Å²) in [5.74, 6) is 0.0896. The Bertz CT molecular complexity index is 687. The van der Waals surface area contributed by atoms with E-state index in [0.29, 0.717) is 22.7 Å². The molecule has 0 aliphatic rings. The molecule has 0 unspecified atom stereocenters. The highest BCUT2D eigenvalue weighted by Gasteiger charge is 2.12. The monoisotopic (exact) mass is 313 g/mol. The number of ether oxygens (including phenoxy) is 1. The number of hydrogen-bond acceptors (Lipinski definition) is 4. The SMILES string of the molecule is COc1ccc(NC(=O)c2ccccc2)c(NC(=O)CCN)c1. The van der Waals surface area contributed by atoms with Gasteiger partial charge in [-0.2, -0.15) is 0 Å². The molecule has 0 atom stereocenters. The number of rotatable bonds is 6. The summed E-state index contributed by atoms with van der Waals surface area (Å²) in [6, 6.07) is 13.9. The fourth-order valence-electron chi connectivity index (χ4n) is 1.99. The largest absolute Gasteiger partial charge is 0.497 e. The topological polar surface area (TPSA) is 93.5 Å². The molecule has 0 fully saturated rings. The van der Waals surface area contributed by atoms with Crippen molar-refractivity contribution in [2.45, 2.75) is 6.42 Å². The molecule has 0 bridgehead atoms. The van der Waals surface area contributed by atoms with Gasteiger partial charge in [-0.1, -0.05) is 18.2 Å². The first kappa shape index (κ1) is 16.5. The summed E-state index contributed by atoms with van der Waals surface area (Å²) in [7, 11) is 1.53. The summed E-state index contributed by atoms with van der Waals surface area (Å²) < 4.78 is 5.15. The van der Waals surface area contributed by atoms with Crippen LogP contribution in [-0.4, -0.2) is 25.5 Å². The third kappa shape index (κ3) is 4.55. The molecule has 6 heteroatoms. The molecule has 4 N–H and O–H groups in total. The van der Waals surface area contributed by atoms with Crippen LogP contribution in [0, 0.1) is 0 Å². The first-order valence-electron chi connectivity index (χ1n) is 7.18. The summed E-state index contributed by atoms with van der Waals surface area (Å²) in [4.78, 5) is 24.0. The molecule has 0 aliphatic heterocycles. The predicted molar refractivity (Wildman–Crippen MR) is 89.7 cm³/mol. The van der Waals surface area contributed by atoms with E-state index in [4.69, 9.17) is 10.5 Å². The highest BCUT2D eigenvalue weighted by atomic mass is 16.5. The smallest absolute Gasteiger partial charge is 0.255 e. The molecule has 2 amide bonds. The van der Waals surface area contributed by atoms with Crippen LogP contribution in [0.25, 0.3) is 0 Å². The zero-order chi connectivity index (χ0) is 16.7. The molecule has 120 valence electrons. The summed E-state index contributed by atoms with van der Waals surface area (Å²) in [6.45, 7) is 0.251. The van der Waals surface area contributed by atoms with E-state index in [1.165, 1.54) is 7.11 Å². The van der Waals surface area contributed by atoms with Crippen LogP contribution < -0.4 is 21.1 Å². The minimum Gasteiger partial charge on any atom is -0.497 e. The second-order valence-corrected chi connectivity index (χ2v) is 4.82. The van der Waals surface area contributed by atoms with Gasteiger partial charge in [-0.15, -0.1) is 0 Å². The molecule has 0 heterocycles. The summed E-state index contributed by atoms with van der Waals surface area (Å²) >= 11 is 0. The third-order valence-corrected chi connectivity index (χ3v) is 3.16. The van der Waals surface area contributed by atoms with Crippen molar-refractivity contribution >= 4 is 23.2 Å². The molecular formula is C17H19N3O3. The van der Waals surface area contributed by atoms with Crippen molar-refractivity contribution in [1.82, 2.24) is 0 Å². The van der Waals surface area contributed by atoms with Gasteiger partial charge in [0.05, 0.1) is 18.5 Å². The van der Waals surface area contributed by atoms with E-state index in [0.717, 1.165) is 0 Å². The molecule has 2 aromatic carbocycles. The number of hydrogen-bond donors (Lipinski definition) is 3. The van der Waals surface area contributed by atoms with Crippen LogP contribution in [0.4, 0.5) is 11.4 Å². The molecule has 23 heavy (non-hydrogen) atoms.